The molecule has 0 saturated carbocycles. The van der Waals surface area contributed by atoms with Gasteiger partial charge in [-0.2, -0.15) is 5.26 Å². The number of nitriles is 1. The maximum atomic E-state index is 9.69. The molecule has 0 N–H and O–H groups in total. The van der Waals surface area contributed by atoms with E-state index in [0.29, 0.717) is 22.7 Å². The Kier molecular flexibility index (Phi) is 8.67. The number of rotatable bonds is 7. The summed E-state index contributed by atoms with van der Waals surface area (Å²) in [6.07, 6.45) is 0. The van der Waals surface area contributed by atoms with Crippen molar-refractivity contribution >= 4 is 17.2 Å². The largest absolute Gasteiger partial charge is 0.233 e. The molecule has 0 bridgehead atoms. The Morgan fingerprint density at radius 2 is 0.978 bits per heavy atom. The van der Waals surface area contributed by atoms with E-state index in [1.54, 1.807) is 6.07 Å². The Bertz CT molecular complexity index is 2080. The van der Waals surface area contributed by atoms with Crippen LogP contribution in [0.2, 0.25) is 0 Å². The first-order valence-electron chi connectivity index (χ1n) is 14.8. The quantitative estimate of drug-likeness (QED) is 0.138. The smallest absolute Gasteiger partial charge is 0.160 e. The third-order valence-corrected chi connectivity index (χ3v) is 7.68. The van der Waals surface area contributed by atoms with E-state index in [4.69, 9.17) is 9.98 Å². The van der Waals surface area contributed by atoms with Gasteiger partial charge in [-0.25, -0.2) is 9.98 Å². The maximum Gasteiger partial charge on any atom is 0.160 e. The van der Waals surface area contributed by atoms with Crippen molar-refractivity contribution in [2.75, 3.05) is 0 Å². The van der Waals surface area contributed by atoms with Crippen LogP contribution in [-0.4, -0.2) is 11.5 Å². The van der Waals surface area contributed by atoms with Gasteiger partial charge in [-0.05, 0) is 70.1 Å². The fourth-order valence-corrected chi connectivity index (χ4v) is 5.30. The van der Waals surface area contributed by atoms with Gasteiger partial charge in [-0.1, -0.05) is 140 Å². The molecule has 0 unspecified atom stereocenters. The van der Waals surface area contributed by atoms with Crippen molar-refractivity contribution in [3.8, 4) is 39.4 Å². The normalized spacial score (nSPS) is 11.6. The van der Waals surface area contributed by atoms with Crippen LogP contribution in [0.25, 0.3) is 39.1 Å². The van der Waals surface area contributed by atoms with Crippen LogP contribution in [0.4, 0.5) is 0 Å². The topological polar surface area (TPSA) is 48.5 Å². The SMILES string of the molecule is C=C(N=C(N=C(C)c1ccccc1)c1cccc(-c2cccc(-c3cccc(-c4ccccc4)c3)c2)c1)c1ccccc1C#N. The number of nitrogens with zero attached hydrogens (tertiary/aromatic N) is 3. The molecule has 0 aliphatic carbocycles. The summed E-state index contributed by atoms with van der Waals surface area (Å²) in [7, 11) is 0. The van der Waals surface area contributed by atoms with Gasteiger partial charge in [0.1, 0.15) is 0 Å². The van der Waals surface area contributed by atoms with Crippen LogP contribution >= 0.6 is 0 Å². The molecule has 0 aliphatic rings. The average Bonchev–Trinajstić information content (AvgIpc) is 3.12. The van der Waals surface area contributed by atoms with Gasteiger partial charge in [0.15, 0.2) is 5.84 Å². The van der Waals surface area contributed by atoms with Gasteiger partial charge in [-0.15, -0.1) is 0 Å². The molecule has 3 nitrogen and oxygen atoms in total. The zero-order valence-electron chi connectivity index (χ0n) is 25.1. The third-order valence-electron chi connectivity index (χ3n) is 7.68. The number of benzene rings is 6. The fraction of sp³-hybridized carbons (Fsp3) is 0.0238. The van der Waals surface area contributed by atoms with Gasteiger partial charge in [0.25, 0.3) is 0 Å². The summed E-state index contributed by atoms with van der Waals surface area (Å²) in [6.45, 7) is 6.21. The lowest BCUT2D eigenvalue weighted by Crippen LogP contribution is -2.04. The molecule has 0 amide bonds. The molecular formula is C42H31N3. The highest BCUT2D eigenvalue weighted by Crippen LogP contribution is 2.30. The minimum absolute atomic E-state index is 0.484. The summed E-state index contributed by atoms with van der Waals surface area (Å²) in [5.74, 6) is 0.530. The van der Waals surface area contributed by atoms with Crippen LogP contribution < -0.4 is 0 Å². The van der Waals surface area contributed by atoms with E-state index in [9.17, 15) is 5.26 Å². The van der Waals surface area contributed by atoms with Gasteiger partial charge < -0.3 is 0 Å². The van der Waals surface area contributed by atoms with Crippen molar-refractivity contribution in [2.24, 2.45) is 9.98 Å². The van der Waals surface area contributed by atoms with E-state index >= 15 is 0 Å². The number of hydrogen-bond donors (Lipinski definition) is 0. The van der Waals surface area contributed by atoms with Crippen molar-refractivity contribution in [1.29, 1.82) is 5.26 Å². The molecule has 0 heterocycles. The van der Waals surface area contributed by atoms with E-state index in [0.717, 1.165) is 39.1 Å². The molecule has 0 spiro atoms. The van der Waals surface area contributed by atoms with Gasteiger partial charge in [-0.3, -0.25) is 0 Å². The summed E-state index contributed by atoms with van der Waals surface area (Å²) in [4.78, 5) is 9.91. The zero-order chi connectivity index (χ0) is 31.0. The molecule has 0 aromatic heterocycles. The molecule has 0 fully saturated rings. The molecule has 0 aliphatic heterocycles. The lowest BCUT2D eigenvalue weighted by Gasteiger charge is -2.11. The van der Waals surface area contributed by atoms with Crippen molar-refractivity contribution in [3.63, 3.8) is 0 Å². The van der Waals surface area contributed by atoms with Crippen LogP contribution in [0.15, 0.2) is 174 Å². The Morgan fingerprint density at radius 3 is 1.60 bits per heavy atom. The highest BCUT2D eigenvalue weighted by Gasteiger charge is 2.11. The molecule has 214 valence electrons. The summed E-state index contributed by atoms with van der Waals surface area (Å²) in [5.41, 5.74) is 11.2. The van der Waals surface area contributed by atoms with Crippen molar-refractivity contribution in [1.82, 2.24) is 0 Å². The standard InChI is InChI=1S/C42H31N3/c1-30(32-14-5-3-6-15-32)44-42(45-31(2)41-25-10-9-18-40(41)29-43)39-24-13-23-38(28-39)37-22-12-21-36(27-37)35-20-11-19-34(26-35)33-16-7-4-8-17-33/h3-28H,2H2,1H3. The lowest BCUT2D eigenvalue weighted by molar-refractivity contribution is 1.41. The van der Waals surface area contributed by atoms with Gasteiger partial charge >= 0.3 is 0 Å². The Labute approximate surface area is 264 Å². The predicted molar refractivity (Wildman–Crippen MR) is 188 cm³/mol. The van der Waals surface area contributed by atoms with E-state index in [1.807, 2.05) is 73.7 Å². The molecule has 0 saturated heterocycles. The monoisotopic (exact) mass is 577 g/mol. The van der Waals surface area contributed by atoms with E-state index in [2.05, 4.69) is 97.6 Å². The maximum absolute atomic E-state index is 9.69. The second-order valence-electron chi connectivity index (χ2n) is 10.7. The van der Waals surface area contributed by atoms with Crippen LogP contribution in [0, 0.1) is 11.3 Å². The van der Waals surface area contributed by atoms with E-state index in [-0.39, 0.29) is 0 Å². The van der Waals surface area contributed by atoms with Crippen molar-refractivity contribution in [3.05, 3.63) is 187 Å². The van der Waals surface area contributed by atoms with Gasteiger partial charge in [0, 0.05) is 16.8 Å². The lowest BCUT2D eigenvalue weighted by atomic mass is 9.95. The first-order valence-corrected chi connectivity index (χ1v) is 14.8. The molecule has 45 heavy (non-hydrogen) atoms. The number of aliphatic imine (C=N–C) groups is 2. The van der Waals surface area contributed by atoms with Crippen LogP contribution in [0.3, 0.4) is 0 Å². The molecule has 3 heteroatoms. The summed E-state index contributed by atoms with van der Waals surface area (Å²) < 4.78 is 0. The Balaban J connectivity index is 1.40. The molecule has 6 aromatic carbocycles. The highest BCUT2D eigenvalue weighted by molar-refractivity contribution is 6.13. The molecule has 0 atom stereocenters. The van der Waals surface area contributed by atoms with Crippen molar-refractivity contribution in [2.45, 2.75) is 6.92 Å². The predicted octanol–water partition coefficient (Wildman–Crippen LogP) is 10.5. The van der Waals surface area contributed by atoms with E-state index in [1.165, 1.54) is 11.1 Å². The van der Waals surface area contributed by atoms with Crippen LogP contribution in [0.5, 0.6) is 0 Å². The fourth-order valence-electron chi connectivity index (χ4n) is 5.30. The number of hydrogen-bond acceptors (Lipinski definition) is 2. The average molecular weight is 578 g/mol. The first kappa shape index (κ1) is 29.0. The first-order chi connectivity index (χ1) is 22.1. The third kappa shape index (κ3) is 6.77. The number of amidine groups is 1. The molecule has 6 rings (SSSR count). The summed E-state index contributed by atoms with van der Waals surface area (Å²) in [6, 6.07) is 55.6. The molecular weight excluding hydrogens is 546 g/mol. The van der Waals surface area contributed by atoms with Gasteiger partial charge in [0.05, 0.1) is 17.3 Å². The molecule has 0 radical (unpaired) electrons. The minimum Gasteiger partial charge on any atom is -0.233 e. The minimum atomic E-state index is 0.484. The Hall–Kier alpha value is -6.11. The highest BCUT2D eigenvalue weighted by atomic mass is 14.9. The zero-order valence-corrected chi connectivity index (χ0v) is 25.1. The molecule has 6 aromatic rings. The van der Waals surface area contributed by atoms with Crippen LogP contribution in [0.1, 0.15) is 29.2 Å². The Morgan fingerprint density at radius 1 is 0.511 bits per heavy atom. The van der Waals surface area contributed by atoms with Crippen LogP contribution in [-0.2, 0) is 0 Å². The second-order valence-corrected chi connectivity index (χ2v) is 10.7. The summed E-state index contributed by atoms with van der Waals surface area (Å²) >= 11 is 0. The summed E-state index contributed by atoms with van der Waals surface area (Å²) in [5, 5.41) is 9.69. The van der Waals surface area contributed by atoms with Crippen molar-refractivity contribution < 1.29 is 0 Å². The van der Waals surface area contributed by atoms with Gasteiger partial charge in [0.2, 0.25) is 0 Å². The second kappa shape index (κ2) is 13.5. The van der Waals surface area contributed by atoms with E-state index < -0.39 is 0 Å².